The molecule has 0 bridgehead atoms. The zero-order valence-corrected chi connectivity index (χ0v) is 14.5. The third-order valence-corrected chi connectivity index (χ3v) is 4.84. The summed E-state index contributed by atoms with van der Waals surface area (Å²) in [6.07, 6.45) is 1.89. The van der Waals surface area contributed by atoms with Gasteiger partial charge in [-0.3, -0.25) is 0 Å². The fourth-order valence-corrected chi connectivity index (χ4v) is 3.68. The van der Waals surface area contributed by atoms with Gasteiger partial charge in [0.05, 0.1) is 0 Å². The van der Waals surface area contributed by atoms with E-state index in [0.717, 1.165) is 23.6 Å². The van der Waals surface area contributed by atoms with E-state index in [4.69, 9.17) is 16.3 Å². The summed E-state index contributed by atoms with van der Waals surface area (Å²) in [4.78, 5) is 0.282. The molecule has 2 aromatic rings. The standard InChI is InChI=1S/C18H18BrClO/c1-18(2)11-14-10-13(6-7-17(14)21-18)16(19)9-12-4-3-5-15(20)8-12/h3-8,10,16H,9,11H2,1-2H3. The maximum absolute atomic E-state index is 6.05. The number of hydrogen-bond donors (Lipinski definition) is 0. The molecule has 1 nitrogen and oxygen atoms in total. The summed E-state index contributed by atoms with van der Waals surface area (Å²) in [5.41, 5.74) is 3.74. The Kier molecular flexibility index (Phi) is 4.02. The van der Waals surface area contributed by atoms with Gasteiger partial charge in [0.1, 0.15) is 11.4 Å². The quantitative estimate of drug-likeness (QED) is 0.631. The lowest BCUT2D eigenvalue weighted by Crippen LogP contribution is -2.24. The van der Waals surface area contributed by atoms with E-state index in [9.17, 15) is 0 Å². The Morgan fingerprint density at radius 3 is 2.81 bits per heavy atom. The van der Waals surface area contributed by atoms with Crippen LogP contribution in [0.5, 0.6) is 5.75 Å². The first-order valence-corrected chi connectivity index (χ1v) is 8.43. The molecule has 0 spiro atoms. The Hall–Kier alpha value is -0.990. The first-order chi connectivity index (χ1) is 9.93. The smallest absolute Gasteiger partial charge is 0.123 e. The predicted molar refractivity (Wildman–Crippen MR) is 91.7 cm³/mol. The first kappa shape index (κ1) is 14.9. The summed E-state index contributed by atoms with van der Waals surface area (Å²) >= 11 is 9.85. The Balaban J connectivity index is 1.79. The molecule has 0 fully saturated rings. The molecule has 1 heterocycles. The maximum atomic E-state index is 6.05. The predicted octanol–water partition coefficient (Wildman–Crippen LogP) is 5.73. The van der Waals surface area contributed by atoms with Crippen LogP contribution in [0.3, 0.4) is 0 Å². The summed E-state index contributed by atoms with van der Waals surface area (Å²) in [6, 6.07) is 14.5. The van der Waals surface area contributed by atoms with Gasteiger partial charge >= 0.3 is 0 Å². The molecule has 2 aromatic carbocycles. The average molecular weight is 366 g/mol. The number of rotatable bonds is 3. The van der Waals surface area contributed by atoms with E-state index in [2.05, 4.69) is 54.0 Å². The lowest BCUT2D eigenvalue weighted by atomic mass is 9.98. The van der Waals surface area contributed by atoms with Crippen LogP contribution in [-0.2, 0) is 12.8 Å². The van der Waals surface area contributed by atoms with Gasteiger partial charge in [-0.1, -0.05) is 51.8 Å². The van der Waals surface area contributed by atoms with Crippen molar-refractivity contribution in [2.75, 3.05) is 0 Å². The summed E-state index contributed by atoms with van der Waals surface area (Å²) in [6.45, 7) is 4.26. The average Bonchev–Trinajstić information content (AvgIpc) is 2.71. The largest absolute Gasteiger partial charge is 0.487 e. The molecule has 0 amide bonds. The lowest BCUT2D eigenvalue weighted by Gasteiger charge is -2.16. The molecule has 0 saturated heterocycles. The highest BCUT2D eigenvalue weighted by Gasteiger charge is 2.30. The molecule has 21 heavy (non-hydrogen) atoms. The third-order valence-electron chi connectivity index (χ3n) is 3.75. The van der Waals surface area contributed by atoms with Gasteiger partial charge in [-0.25, -0.2) is 0 Å². The van der Waals surface area contributed by atoms with Crippen LogP contribution in [-0.4, -0.2) is 5.60 Å². The minimum atomic E-state index is -0.0876. The summed E-state index contributed by atoms with van der Waals surface area (Å²) < 4.78 is 5.93. The normalized spacial score (nSPS) is 17.1. The molecular formula is C18H18BrClO. The van der Waals surface area contributed by atoms with Crippen LogP contribution in [0.4, 0.5) is 0 Å². The minimum absolute atomic E-state index is 0.0876. The van der Waals surface area contributed by atoms with Gasteiger partial charge in [0.2, 0.25) is 0 Å². The molecule has 0 radical (unpaired) electrons. The number of halogens is 2. The number of ether oxygens (including phenoxy) is 1. The summed E-state index contributed by atoms with van der Waals surface area (Å²) in [5.74, 6) is 1.02. The van der Waals surface area contributed by atoms with Crippen molar-refractivity contribution in [1.29, 1.82) is 0 Å². The molecular weight excluding hydrogens is 348 g/mol. The molecule has 1 atom stereocenters. The second-order valence-electron chi connectivity index (χ2n) is 6.21. The molecule has 3 heteroatoms. The fourth-order valence-electron chi connectivity index (χ4n) is 2.81. The molecule has 0 N–H and O–H groups in total. The molecule has 110 valence electrons. The second-order valence-corrected chi connectivity index (χ2v) is 7.75. The number of alkyl halides is 1. The van der Waals surface area contributed by atoms with Crippen molar-refractivity contribution in [2.24, 2.45) is 0 Å². The van der Waals surface area contributed by atoms with Gasteiger partial charge < -0.3 is 4.74 Å². The Bertz CT molecular complexity index is 666. The summed E-state index contributed by atoms with van der Waals surface area (Å²) in [7, 11) is 0. The highest BCUT2D eigenvalue weighted by Crippen LogP contribution is 2.38. The zero-order chi connectivity index (χ0) is 15.0. The van der Waals surface area contributed by atoms with Crippen molar-refractivity contribution < 1.29 is 4.74 Å². The fraction of sp³-hybridized carbons (Fsp3) is 0.333. The monoisotopic (exact) mass is 364 g/mol. The van der Waals surface area contributed by atoms with Crippen molar-refractivity contribution in [3.63, 3.8) is 0 Å². The van der Waals surface area contributed by atoms with E-state index in [0.29, 0.717) is 0 Å². The van der Waals surface area contributed by atoms with E-state index in [1.54, 1.807) is 0 Å². The molecule has 1 unspecified atom stereocenters. The molecule has 3 rings (SSSR count). The molecule has 0 saturated carbocycles. The number of hydrogen-bond acceptors (Lipinski definition) is 1. The maximum Gasteiger partial charge on any atom is 0.123 e. The van der Waals surface area contributed by atoms with Gasteiger partial charge in [0.25, 0.3) is 0 Å². The van der Waals surface area contributed by atoms with Crippen LogP contribution in [0.2, 0.25) is 5.02 Å². The summed E-state index contributed by atoms with van der Waals surface area (Å²) in [5, 5.41) is 0.788. The molecule has 0 aromatic heterocycles. The van der Waals surface area contributed by atoms with Crippen molar-refractivity contribution >= 4 is 27.5 Å². The van der Waals surface area contributed by atoms with Gasteiger partial charge in [-0.2, -0.15) is 0 Å². The van der Waals surface area contributed by atoms with Crippen LogP contribution in [0.25, 0.3) is 0 Å². The van der Waals surface area contributed by atoms with Crippen LogP contribution in [0, 0.1) is 0 Å². The Morgan fingerprint density at radius 1 is 1.24 bits per heavy atom. The minimum Gasteiger partial charge on any atom is -0.487 e. The van der Waals surface area contributed by atoms with E-state index in [-0.39, 0.29) is 10.4 Å². The number of benzene rings is 2. The molecule has 0 aliphatic carbocycles. The molecule has 1 aliphatic heterocycles. The van der Waals surface area contributed by atoms with Crippen molar-refractivity contribution in [1.82, 2.24) is 0 Å². The second kappa shape index (κ2) is 5.66. The van der Waals surface area contributed by atoms with Gasteiger partial charge in [-0.15, -0.1) is 0 Å². The Labute approximate surface area is 139 Å². The first-order valence-electron chi connectivity index (χ1n) is 7.13. The zero-order valence-electron chi connectivity index (χ0n) is 12.2. The highest BCUT2D eigenvalue weighted by atomic mass is 79.9. The molecule has 1 aliphatic rings. The van der Waals surface area contributed by atoms with E-state index in [1.807, 2.05) is 18.2 Å². The van der Waals surface area contributed by atoms with Gasteiger partial charge in [0.15, 0.2) is 0 Å². The van der Waals surface area contributed by atoms with Crippen molar-refractivity contribution in [3.8, 4) is 5.75 Å². The SMILES string of the molecule is CC1(C)Cc2cc(C(Br)Cc3cccc(Cl)c3)ccc2O1. The van der Waals surface area contributed by atoms with E-state index >= 15 is 0 Å². The van der Waals surface area contributed by atoms with Gasteiger partial charge in [0, 0.05) is 16.3 Å². The van der Waals surface area contributed by atoms with Crippen LogP contribution in [0.15, 0.2) is 42.5 Å². The lowest BCUT2D eigenvalue weighted by molar-refractivity contribution is 0.138. The van der Waals surface area contributed by atoms with Crippen molar-refractivity contribution in [3.05, 3.63) is 64.2 Å². The van der Waals surface area contributed by atoms with Crippen LogP contribution >= 0.6 is 27.5 Å². The van der Waals surface area contributed by atoms with Gasteiger partial charge in [-0.05, 0) is 55.2 Å². The topological polar surface area (TPSA) is 9.23 Å². The number of fused-ring (bicyclic) bond motifs is 1. The van der Waals surface area contributed by atoms with Crippen LogP contribution in [0.1, 0.15) is 35.4 Å². The Morgan fingerprint density at radius 2 is 2.05 bits per heavy atom. The third kappa shape index (κ3) is 3.44. The van der Waals surface area contributed by atoms with E-state index < -0.39 is 0 Å². The van der Waals surface area contributed by atoms with Crippen molar-refractivity contribution in [2.45, 2.75) is 37.1 Å². The van der Waals surface area contributed by atoms with E-state index in [1.165, 1.54) is 16.7 Å². The van der Waals surface area contributed by atoms with Crippen LogP contribution < -0.4 is 4.74 Å². The highest BCUT2D eigenvalue weighted by molar-refractivity contribution is 9.09.